The second-order valence-electron chi connectivity index (χ2n) is 13.4. The monoisotopic (exact) mass is 468 g/mol. The molecule has 0 aromatic rings. The first-order valence-electron chi connectivity index (χ1n) is 14.7. The molecule has 2 nitrogen and oxygen atoms in total. The molecule has 8 unspecified atom stereocenters. The summed E-state index contributed by atoms with van der Waals surface area (Å²) in [6, 6.07) is 0. The van der Waals surface area contributed by atoms with Crippen LogP contribution >= 0.6 is 0 Å². The van der Waals surface area contributed by atoms with Gasteiger partial charge in [0, 0.05) is 0 Å². The van der Waals surface area contributed by atoms with E-state index in [1.54, 1.807) is 0 Å². The SMILES string of the molecule is CCC(C)C(=O)OC1CCC2(C)C3=C(CCC2C1)C1CCC(C(C)CCC=C(C)C)C1(C)CC3. The van der Waals surface area contributed by atoms with Gasteiger partial charge in [-0.2, -0.15) is 0 Å². The van der Waals surface area contributed by atoms with Crippen LogP contribution in [0.25, 0.3) is 0 Å². The number of fused-ring (bicyclic) bond motifs is 4. The maximum absolute atomic E-state index is 12.4. The van der Waals surface area contributed by atoms with Crippen LogP contribution in [-0.4, -0.2) is 12.1 Å². The minimum Gasteiger partial charge on any atom is -0.462 e. The fraction of sp³-hybridized carbons (Fsp3) is 0.844. The third kappa shape index (κ3) is 4.69. The van der Waals surface area contributed by atoms with Crippen LogP contribution in [0.2, 0.25) is 0 Å². The van der Waals surface area contributed by atoms with E-state index in [1.165, 1.54) is 63.4 Å². The van der Waals surface area contributed by atoms with Crippen molar-refractivity contribution < 1.29 is 9.53 Å². The van der Waals surface area contributed by atoms with Gasteiger partial charge in [0.2, 0.25) is 0 Å². The molecular weight excluding hydrogens is 416 g/mol. The number of hydrogen-bond donors (Lipinski definition) is 0. The number of ether oxygens (including phenoxy) is 1. The van der Waals surface area contributed by atoms with Crippen LogP contribution in [0.1, 0.15) is 126 Å². The van der Waals surface area contributed by atoms with Gasteiger partial charge in [-0.1, -0.05) is 57.4 Å². The number of hydrogen-bond acceptors (Lipinski definition) is 2. The zero-order valence-electron chi connectivity index (χ0n) is 23.3. The largest absolute Gasteiger partial charge is 0.462 e. The molecule has 0 N–H and O–H groups in total. The Balaban J connectivity index is 1.47. The molecule has 2 heteroatoms. The Kier molecular flexibility index (Phi) is 7.76. The summed E-state index contributed by atoms with van der Waals surface area (Å²) in [7, 11) is 0. The van der Waals surface area contributed by atoms with Gasteiger partial charge < -0.3 is 4.74 Å². The number of carbonyl (C=O) groups is 1. The first-order valence-corrected chi connectivity index (χ1v) is 14.7. The summed E-state index contributed by atoms with van der Waals surface area (Å²) in [6.45, 7) is 16.3. The van der Waals surface area contributed by atoms with Crippen molar-refractivity contribution in [3.8, 4) is 0 Å². The molecule has 8 atom stereocenters. The molecule has 0 radical (unpaired) electrons. The topological polar surface area (TPSA) is 26.3 Å². The van der Waals surface area contributed by atoms with Crippen molar-refractivity contribution >= 4 is 5.97 Å². The molecule has 34 heavy (non-hydrogen) atoms. The fourth-order valence-corrected chi connectivity index (χ4v) is 8.79. The van der Waals surface area contributed by atoms with Crippen LogP contribution in [0.15, 0.2) is 22.8 Å². The van der Waals surface area contributed by atoms with Gasteiger partial charge in [-0.05, 0) is 125 Å². The Bertz CT molecular complexity index is 817. The first-order chi connectivity index (χ1) is 16.1. The Morgan fingerprint density at radius 2 is 1.85 bits per heavy atom. The maximum Gasteiger partial charge on any atom is 0.308 e. The van der Waals surface area contributed by atoms with Crippen molar-refractivity contribution in [2.45, 2.75) is 132 Å². The Morgan fingerprint density at radius 1 is 1.09 bits per heavy atom. The lowest BCUT2D eigenvalue weighted by atomic mass is 9.50. The normalized spacial score (nSPS) is 38.9. The van der Waals surface area contributed by atoms with Crippen molar-refractivity contribution in [3.63, 3.8) is 0 Å². The number of esters is 1. The lowest BCUT2D eigenvalue weighted by Gasteiger charge is -2.55. The molecular formula is C32H52O2. The van der Waals surface area contributed by atoms with Crippen LogP contribution in [-0.2, 0) is 9.53 Å². The van der Waals surface area contributed by atoms with Crippen molar-refractivity contribution in [1.82, 2.24) is 0 Å². The average molecular weight is 469 g/mol. The fourth-order valence-electron chi connectivity index (χ4n) is 8.79. The quantitative estimate of drug-likeness (QED) is 0.275. The van der Waals surface area contributed by atoms with Crippen LogP contribution < -0.4 is 0 Å². The molecule has 0 amide bonds. The number of carbonyl (C=O) groups excluding carboxylic acids is 1. The van der Waals surface area contributed by atoms with Crippen LogP contribution in [0.3, 0.4) is 0 Å². The zero-order valence-corrected chi connectivity index (χ0v) is 23.3. The first kappa shape index (κ1) is 26.0. The highest BCUT2D eigenvalue weighted by Crippen LogP contribution is 2.66. The van der Waals surface area contributed by atoms with E-state index < -0.39 is 0 Å². The smallest absolute Gasteiger partial charge is 0.308 e. The van der Waals surface area contributed by atoms with Gasteiger partial charge in [-0.15, -0.1) is 0 Å². The molecule has 2 saturated carbocycles. The molecule has 0 aliphatic heterocycles. The summed E-state index contributed by atoms with van der Waals surface area (Å²) in [5.74, 6) is 3.29. The lowest BCUT2D eigenvalue weighted by molar-refractivity contribution is -0.157. The highest BCUT2D eigenvalue weighted by Gasteiger charge is 2.56. The second kappa shape index (κ2) is 10.1. The molecule has 192 valence electrons. The highest BCUT2D eigenvalue weighted by atomic mass is 16.5. The van der Waals surface area contributed by atoms with E-state index in [1.807, 2.05) is 18.1 Å². The number of rotatable bonds is 7. The van der Waals surface area contributed by atoms with Gasteiger partial charge in [0.25, 0.3) is 0 Å². The summed E-state index contributed by atoms with van der Waals surface area (Å²) in [4.78, 5) is 12.4. The predicted octanol–water partition coefficient (Wildman–Crippen LogP) is 9.05. The molecule has 2 fully saturated rings. The van der Waals surface area contributed by atoms with E-state index in [0.717, 1.165) is 37.0 Å². The minimum absolute atomic E-state index is 0.0240. The van der Waals surface area contributed by atoms with E-state index in [-0.39, 0.29) is 18.0 Å². The second-order valence-corrected chi connectivity index (χ2v) is 13.4. The van der Waals surface area contributed by atoms with E-state index in [4.69, 9.17) is 4.74 Å². The molecule has 4 rings (SSSR count). The van der Waals surface area contributed by atoms with E-state index in [0.29, 0.717) is 16.7 Å². The average Bonchev–Trinajstić information content (AvgIpc) is 3.15. The summed E-state index contributed by atoms with van der Waals surface area (Å²) < 4.78 is 5.99. The summed E-state index contributed by atoms with van der Waals surface area (Å²) in [5, 5.41) is 0. The van der Waals surface area contributed by atoms with E-state index in [2.05, 4.69) is 47.6 Å². The minimum atomic E-state index is 0.0240. The zero-order chi connectivity index (χ0) is 24.7. The molecule has 4 aliphatic rings. The Morgan fingerprint density at radius 3 is 2.56 bits per heavy atom. The van der Waals surface area contributed by atoms with Crippen LogP contribution in [0, 0.1) is 40.4 Å². The number of allylic oxidation sites excluding steroid dienone is 4. The molecule has 0 aromatic heterocycles. The van der Waals surface area contributed by atoms with E-state index >= 15 is 0 Å². The summed E-state index contributed by atoms with van der Waals surface area (Å²) in [5.41, 5.74) is 6.07. The van der Waals surface area contributed by atoms with Crippen molar-refractivity contribution in [3.05, 3.63) is 22.8 Å². The molecule has 4 aliphatic carbocycles. The van der Waals surface area contributed by atoms with Gasteiger partial charge in [-0.25, -0.2) is 0 Å². The van der Waals surface area contributed by atoms with Crippen LogP contribution in [0.5, 0.6) is 0 Å². The van der Waals surface area contributed by atoms with Crippen molar-refractivity contribution in [1.29, 1.82) is 0 Å². The van der Waals surface area contributed by atoms with Gasteiger partial charge in [-0.3, -0.25) is 4.79 Å². The van der Waals surface area contributed by atoms with Crippen molar-refractivity contribution in [2.24, 2.45) is 40.4 Å². The third-order valence-corrected chi connectivity index (χ3v) is 11.2. The standard InChI is InChI=1S/C32H52O2/c1-8-22(4)30(33)34-25-16-18-31(6)24(20-25)12-13-26-28-15-14-27(23(5)11-9-10-21(2)3)32(28,7)19-17-29(26)31/h10,22-25,27-28H,8-9,11-20H2,1-7H3. The summed E-state index contributed by atoms with van der Waals surface area (Å²) in [6.07, 6.45) is 17.6. The van der Waals surface area contributed by atoms with Gasteiger partial charge in [0.15, 0.2) is 0 Å². The van der Waals surface area contributed by atoms with Crippen LogP contribution in [0.4, 0.5) is 0 Å². The van der Waals surface area contributed by atoms with Gasteiger partial charge >= 0.3 is 5.97 Å². The molecule has 0 spiro atoms. The van der Waals surface area contributed by atoms with Gasteiger partial charge in [0.05, 0.1) is 5.92 Å². The van der Waals surface area contributed by atoms with Gasteiger partial charge in [0.1, 0.15) is 6.10 Å². The molecule has 0 aromatic carbocycles. The lowest BCUT2D eigenvalue weighted by Crippen LogP contribution is -2.46. The summed E-state index contributed by atoms with van der Waals surface area (Å²) >= 11 is 0. The molecule has 0 heterocycles. The third-order valence-electron chi connectivity index (χ3n) is 11.2. The molecule has 0 saturated heterocycles. The molecule has 0 bridgehead atoms. The Labute approximate surface area is 210 Å². The van der Waals surface area contributed by atoms with Crippen molar-refractivity contribution in [2.75, 3.05) is 0 Å². The van der Waals surface area contributed by atoms with E-state index in [9.17, 15) is 4.79 Å². The highest BCUT2D eigenvalue weighted by molar-refractivity contribution is 5.72. The maximum atomic E-state index is 12.4. The predicted molar refractivity (Wildman–Crippen MR) is 142 cm³/mol. The Hall–Kier alpha value is -1.05.